The maximum absolute atomic E-state index is 12.5. The van der Waals surface area contributed by atoms with Crippen LogP contribution in [0.2, 0.25) is 0 Å². The molecule has 1 aromatic heterocycles. The predicted molar refractivity (Wildman–Crippen MR) is 114 cm³/mol. The smallest absolute Gasteiger partial charge is 0.341 e. The lowest BCUT2D eigenvalue weighted by Crippen LogP contribution is -2.20. The van der Waals surface area contributed by atoms with Gasteiger partial charge in [0.1, 0.15) is 10.6 Å². The molecule has 0 aliphatic heterocycles. The number of hydrogen-bond acceptors (Lipinski definition) is 4. The van der Waals surface area contributed by atoms with Crippen LogP contribution in [0.1, 0.15) is 26.4 Å². The summed E-state index contributed by atoms with van der Waals surface area (Å²) in [5.41, 5.74) is 5.06. The van der Waals surface area contributed by atoms with Gasteiger partial charge in [-0.1, -0.05) is 36.4 Å². The molecule has 2 amide bonds. The van der Waals surface area contributed by atoms with E-state index in [0.717, 1.165) is 21.6 Å². The molecule has 6 heteroatoms. The second-order valence-electron chi connectivity index (χ2n) is 6.47. The molecule has 0 spiro atoms. The average molecular weight is 394 g/mol. The zero-order valence-electron chi connectivity index (χ0n) is 16.3. The van der Waals surface area contributed by atoms with Crippen molar-refractivity contribution in [2.24, 2.45) is 0 Å². The zero-order chi connectivity index (χ0) is 20.3. The summed E-state index contributed by atoms with van der Waals surface area (Å²) in [4.78, 5) is 25.9. The van der Waals surface area contributed by atoms with E-state index in [-0.39, 0.29) is 0 Å². The molecule has 0 aliphatic rings. The number of carbonyl (C=O) groups excluding carboxylic acids is 2. The SMILES string of the molecule is COC(=O)c1c(NC(=O)Nc2ccccc2)sc(C)c1-c1ccc(C)c(C)c1. The number of para-hydroxylation sites is 1. The number of nitrogens with one attached hydrogen (secondary N) is 2. The lowest BCUT2D eigenvalue weighted by molar-refractivity contribution is 0.0603. The van der Waals surface area contributed by atoms with Gasteiger partial charge in [-0.2, -0.15) is 0 Å². The summed E-state index contributed by atoms with van der Waals surface area (Å²) in [5.74, 6) is -0.479. The number of esters is 1. The predicted octanol–water partition coefficient (Wildman–Crippen LogP) is 5.77. The second kappa shape index (κ2) is 8.27. The largest absolute Gasteiger partial charge is 0.465 e. The number of ether oxygens (including phenoxy) is 1. The van der Waals surface area contributed by atoms with Crippen LogP contribution in [0.5, 0.6) is 0 Å². The molecule has 0 bridgehead atoms. The highest BCUT2D eigenvalue weighted by Crippen LogP contribution is 2.40. The number of rotatable bonds is 4. The first-order chi connectivity index (χ1) is 13.4. The minimum atomic E-state index is -0.479. The number of urea groups is 1. The van der Waals surface area contributed by atoms with Gasteiger partial charge in [-0.05, 0) is 49.6 Å². The van der Waals surface area contributed by atoms with Gasteiger partial charge in [-0.3, -0.25) is 5.32 Å². The molecule has 2 N–H and O–H groups in total. The van der Waals surface area contributed by atoms with E-state index in [0.29, 0.717) is 16.3 Å². The van der Waals surface area contributed by atoms with Crippen molar-refractivity contribution in [2.45, 2.75) is 20.8 Å². The van der Waals surface area contributed by atoms with Crippen molar-refractivity contribution in [1.82, 2.24) is 0 Å². The first-order valence-electron chi connectivity index (χ1n) is 8.83. The van der Waals surface area contributed by atoms with Crippen LogP contribution in [0, 0.1) is 20.8 Å². The Hall–Kier alpha value is -3.12. The van der Waals surface area contributed by atoms with Crippen LogP contribution in [-0.4, -0.2) is 19.1 Å². The van der Waals surface area contributed by atoms with E-state index >= 15 is 0 Å². The van der Waals surface area contributed by atoms with Crippen molar-refractivity contribution >= 4 is 34.0 Å². The normalized spacial score (nSPS) is 10.4. The summed E-state index contributed by atoms with van der Waals surface area (Å²) >= 11 is 1.36. The molecular weight excluding hydrogens is 372 g/mol. The Morgan fingerprint density at radius 3 is 2.29 bits per heavy atom. The number of amides is 2. The molecule has 0 saturated carbocycles. The molecule has 2 aromatic carbocycles. The number of anilines is 2. The monoisotopic (exact) mass is 394 g/mol. The van der Waals surface area contributed by atoms with Crippen molar-refractivity contribution in [3.05, 3.63) is 70.1 Å². The van der Waals surface area contributed by atoms with E-state index in [9.17, 15) is 9.59 Å². The molecule has 0 radical (unpaired) electrons. The Morgan fingerprint density at radius 1 is 0.929 bits per heavy atom. The van der Waals surface area contributed by atoms with E-state index in [4.69, 9.17) is 4.74 Å². The van der Waals surface area contributed by atoms with E-state index in [2.05, 4.69) is 10.6 Å². The van der Waals surface area contributed by atoms with Gasteiger partial charge in [0.05, 0.1) is 7.11 Å². The highest BCUT2D eigenvalue weighted by atomic mass is 32.1. The summed E-state index contributed by atoms with van der Waals surface area (Å²) in [5, 5.41) is 6.03. The quantitative estimate of drug-likeness (QED) is 0.552. The van der Waals surface area contributed by atoms with Crippen LogP contribution in [0.4, 0.5) is 15.5 Å². The summed E-state index contributed by atoms with van der Waals surface area (Å²) in [6, 6.07) is 14.8. The molecule has 0 fully saturated rings. The lowest BCUT2D eigenvalue weighted by Gasteiger charge is -2.10. The van der Waals surface area contributed by atoms with Gasteiger partial charge < -0.3 is 10.1 Å². The Balaban J connectivity index is 1.98. The van der Waals surface area contributed by atoms with Gasteiger partial charge in [0.25, 0.3) is 0 Å². The summed E-state index contributed by atoms with van der Waals surface area (Å²) in [6.45, 7) is 6.01. The number of carbonyl (C=O) groups is 2. The number of benzene rings is 2. The third kappa shape index (κ3) is 4.07. The summed E-state index contributed by atoms with van der Waals surface area (Å²) < 4.78 is 5.00. The van der Waals surface area contributed by atoms with Crippen LogP contribution in [0.3, 0.4) is 0 Å². The summed E-state index contributed by atoms with van der Waals surface area (Å²) in [7, 11) is 1.34. The molecule has 0 unspecified atom stereocenters. The summed E-state index contributed by atoms with van der Waals surface area (Å²) in [6.07, 6.45) is 0. The van der Waals surface area contributed by atoms with E-state index in [1.807, 2.05) is 57.2 Å². The van der Waals surface area contributed by atoms with Gasteiger partial charge >= 0.3 is 12.0 Å². The zero-order valence-corrected chi connectivity index (χ0v) is 17.1. The Bertz CT molecular complexity index is 1030. The van der Waals surface area contributed by atoms with Gasteiger partial charge in [0.2, 0.25) is 0 Å². The Kier molecular flexibility index (Phi) is 5.80. The van der Waals surface area contributed by atoms with Crippen molar-refractivity contribution in [2.75, 3.05) is 17.7 Å². The van der Waals surface area contributed by atoms with Crippen LogP contribution in [0.25, 0.3) is 11.1 Å². The maximum Gasteiger partial charge on any atom is 0.341 e. The molecule has 3 rings (SSSR count). The molecule has 0 aliphatic carbocycles. The van der Waals surface area contributed by atoms with Gasteiger partial charge in [-0.15, -0.1) is 11.3 Å². The van der Waals surface area contributed by atoms with Crippen LogP contribution in [-0.2, 0) is 4.74 Å². The standard InChI is InChI=1S/C22H22N2O3S/c1-13-10-11-16(12-14(13)2)18-15(3)28-20(19(18)21(25)27-4)24-22(26)23-17-8-6-5-7-9-17/h5-12H,1-4H3,(H2,23,24,26). The van der Waals surface area contributed by atoms with Gasteiger partial charge in [0, 0.05) is 16.1 Å². The number of thiophene rings is 1. The molecule has 0 saturated heterocycles. The fourth-order valence-corrected chi connectivity index (χ4v) is 4.02. The van der Waals surface area contributed by atoms with Gasteiger partial charge in [-0.25, -0.2) is 9.59 Å². The molecule has 5 nitrogen and oxygen atoms in total. The molecule has 0 atom stereocenters. The minimum Gasteiger partial charge on any atom is -0.465 e. The van der Waals surface area contributed by atoms with E-state index in [1.54, 1.807) is 12.1 Å². The molecule has 3 aromatic rings. The van der Waals surface area contributed by atoms with Crippen molar-refractivity contribution in [3.63, 3.8) is 0 Å². The van der Waals surface area contributed by atoms with Crippen LogP contribution in [0.15, 0.2) is 48.5 Å². The maximum atomic E-state index is 12.5. The molecule has 144 valence electrons. The Labute approximate surface area is 168 Å². The lowest BCUT2D eigenvalue weighted by atomic mass is 9.97. The third-order valence-electron chi connectivity index (χ3n) is 4.53. The van der Waals surface area contributed by atoms with Crippen LogP contribution < -0.4 is 10.6 Å². The van der Waals surface area contributed by atoms with Gasteiger partial charge in [0.15, 0.2) is 0 Å². The number of aryl methyl sites for hydroxylation is 3. The average Bonchev–Trinajstić information content (AvgIpc) is 2.99. The number of methoxy groups -OCH3 is 1. The third-order valence-corrected chi connectivity index (χ3v) is 5.55. The van der Waals surface area contributed by atoms with E-state index < -0.39 is 12.0 Å². The first kappa shape index (κ1) is 19.6. The minimum absolute atomic E-state index is 0.372. The first-order valence-corrected chi connectivity index (χ1v) is 9.64. The van der Waals surface area contributed by atoms with Crippen molar-refractivity contribution in [1.29, 1.82) is 0 Å². The molecule has 28 heavy (non-hydrogen) atoms. The van der Waals surface area contributed by atoms with Crippen molar-refractivity contribution in [3.8, 4) is 11.1 Å². The highest BCUT2D eigenvalue weighted by Gasteiger charge is 2.25. The van der Waals surface area contributed by atoms with Crippen molar-refractivity contribution < 1.29 is 14.3 Å². The van der Waals surface area contributed by atoms with E-state index in [1.165, 1.54) is 24.0 Å². The number of hydrogen-bond donors (Lipinski definition) is 2. The molecule has 1 heterocycles. The second-order valence-corrected chi connectivity index (χ2v) is 7.70. The Morgan fingerprint density at radius 2 is 1.64 bits per heavy atom. The van der Waals surface area contributed by atoms with Crippen LogP contribution >= 0.6 is 11.3 Å². The fourth-order valence-electron chi connectivity index (χ4n) is 2.96. The fraction of sp³-hybridized carbons (Fsp3) is 0.182. The molecular formula is C22H22N2O3S. The highest BCUT2D eigenvalue weighted by molar-refractivity contribution is 7.17. The topological polar surface area (TPSA) is 67.4 Å².